The lowest BCUT2D eigenvalue weighted by Crippen LogP contribution is -2.42. The Kier molecular flexibility index (Phi) is 8.55. The first-order valence-electron chi connectivity index (χ1n) is 14.1. The topological polar surface area (TPSA) is 155 Å². The Morgan fingerprint density at radius 2 is 2.07 bits per heavy atom. The molecule has 0 spiro atoms. The minimum absolute atomic E-state index is 0.0294. The highest BCUT2D eigenvalue weighted by molar-refractivity contribution is 5.97. The summed E-state index contributed by atoms with van der Waals surface area (Å²) >= 11 is 0. The fraction of sp³-hybridized carbons (Fsp3) is 0.414. The van der Waals surface area contributed by atoms with E-state index in [1.54, 1.807) is 20.0 Å². The number of hydrogen-bond donors (Lipinski definition) is 4. The van der Waals surface area contributed by atoms with Crippen molar-refractivity contribution < 1.29 is 14.0 Å². The van der Waals surface area contributed by atoms with E-state index in [2.05, 4.69) is 46.7 Å². The van der Waals surface area contributed by atoms with Crippen LogP contribution >= 0.6 is 0 Å². The lowest BCUT2D eigenvalue weighted by Gasteiger charge is -2.21. The van der Waals surface area contributed by atoms with E-state index in [1.807, 2.05) is 32.0 Å². The van der Waals surface area contributed by atoms with E-state index in [-0.39, 0.29) is 47.2 Å². The molecular weight excluding hydrogens is 539 g/mol. The minimum Gasteiger partial charge on any atom is -0.347 e. The van der Waals surface area contributed by atoms with E-state index in [0.717, 1.165) is 41.5 Å². The van der Waals surface area contributed by atoms with Crippen LogP contribution in [0.25, 0.3) is 11.4 Å². The van der Waals surface area contributed by atoms with Gasteiger partial charge in [-0.05, 0) is 65.7 Å². The molecule has 0 fully saturated rings. The van der Waals surface area contributed by atoms with Crippen LogP contribution in [0.5, 0.6) is 0 Å². The molecule has 1 aromatic carbocycles. The number of H-pyrrole nitrogens is 1. The first-order valence-corrected chi connectivity index (χ1v) is 14.1. The smallest absolute Gasteiger partial charge is 0.270 e. The van der Waals surface area contributed by atoms with Gasteiger partial charge in [-0.15, -0.1) is 10.2 Å². The molecule has 12 nitrogen and oxygen atoms in total. The third kappa shape index (κ3) is 5.99. The van der Waals surface area contributed by atoms with Crippen molar-refractivity contribution in [2.24, 2.45) is 10.9 Å². The number of halogens is 1. The maximum atomic E-state index is 14.0. The fourth-order valence-electron chi connectivity index (χ4n) is 5.29. The van der Waals surface area contributed by atoms with Gasteiger partial charge in [-0.25, -0.2) is 14.1 Å². The number of carbonyl (C=O) groups is 2. The molecule has 5 rings (SSSR count). The van der Waals surface area contributed by atoms with E-state index >= 15 is 0 Å². The third-order valence-corrected chi connectivity index (χ3v) is 7.65. The number of benzene rings is 1. The number of carbonyl (C=O) groups excluding carboxylic acids is 2. The van der Waals surface area contributed by atoms with Gasteiger partial charge >= 0.3 is 0 Å². The Morgan fingerprint density at radius 3 is 2.81 bits per heavy atom. The fourth-order valence-corrected chi connectivity index (χ4v) is 5.29. The third-order valence-electron chi connectivity index (χ3n) is 7.65. The predicted octanol–water partition coefficient (Wildman–Crippen LogP) is 2.90. The van der Waals surface area contributed by atoms with E-state index in [0.29, 0.717) is 24.4 Å². The van der Waals surface area contributed by atoms with E-state index in [1.165, 1.54) is 10.7 Å². The van der Waals surface area contributed by atoms with Gasteiger partial charge < -0.3 is 16.1 Å². The molecule has 2 aliphatic carbocycles. The molecule has 0 aliphatic heterocycles. The van der Waals surface area contributed by atoms with Crippen LogP contribution in [0.2, 0.25) is 0 Å². The number of nitrogens with one attached hydrogen (secondary N) is 4. The van der Waals surface area contributed by atoms with Gasteiger partial charge in [-0.3, -0.25) is 14.6 Å². The molecule has 2 aromatic heterocycles. The highest BCUT2D eigenvalue weighted by atomic mass is 19.1. The van der Waals surface area contributed by atoms with Crippen molar-refractivity contribution in [2.45, 2.75) is 52.5 Å². The molecule has 2 atom stereocenters. The maximum Gasteiger partial charge on any atom is 0.270 e. The van der Waals surface area contributed by atoms with Gasteiger partial charge in [-0.2, -0.15) is 5.21 Å². The second-order valence-electron chi connectivity index (χ2n) is 10.6. The number of rotatable bonds is 9. The van der Waals surface area contributed by atoms with Crippen molar-refractivity contribution in [3.63, 3.8) is 0 Å². The second kappa shape index (κ2) is 12.5. The van der Waals surface area contributed by atoms with Crippen molar-refractivity contribution in [2.75, 3.05) is 25.6 Å². The van der Waals surface area contributed by atoms with E-state index in [9.17, 15) is 14.0 Å². The van der Waals surface area contributed by atoms with Crippen LogP contribution in [0.1, 0.15) is 78.2 Å². The van der Waals surface area contributed by atoms with Gasteiger partial charge in [0.25, 0.3) is 11.8 Å². The molecule has 0 saturated carbocycles. The largest absolute Gasteiger partial charge is 0.347 e. The summed E-state index contributed by atoms with van der Waals surface area (Å²) in [6.07, 6.45) is 4.41. The first kappa shape index (κ1) is 28.8. The Labute approximate surface area is 242 Å². The second-order valence-corrected chi connectivity index (χ2v) is 10.6. The van der Waals surface area contributed by atoms with Crippen LogP contribution in [0.3, 0.4) is 0 Å². The maximum absolute atomic E-state index is 14.0. The van der Waals surface area contributed by atoms with Crippen LogP contribution in [0.4, 0.5) is 4.39 Å². The zero-order valence-electron chi connectivity index (χ0n) is 24.2. The van der Waals surface area contributed by atoms with Gasteiger partial charge in [0.05, 0.1) is 6.04 Å². The number of allylic oxidation sites excluding steroid dienone is 3. The molecular formula is C29H35FN10O2. The first-order chi connectivity index (χ1) is 20.3. The quantitative estimate of drug-likeness (QED) is 0.306. The predicted molar refractivity (Wildman–Crippen MR) is 154 cm³/mol. The highest BCUT2D eigenvalue weighted by Gasteiger charge is 2.27. The van der Waals surface area contributed by atoms with Crippen molar-refractivity contribution in [3.05, 3.63) is 75.4 Å². The van der Waals surface area contributed by atoms with Crippen LogP contribution in [0.15, 0.2) is 52.3 Å². The Morgan fingerprint density at radius 1 is 1.24 bits per heavy atom. The van der Waals surface area contributed by atoms with Crippen molar-refractivity contribution in [1.82, 2.24) is 40.9 Å². The summed E-state index contributed by atoms with van der Waals surface area (Å²) in [5, 5.41) is 20.2. The Bertz CT molecular complexity index is 1620. The van der Waals surface area contributed by atoms with E-state index < -0.39 is 5.91 Å². The molecule has 4 N–H and O–H groups in total. The molecule has 0 bridgehead atoms. The number of aryl methyl sites for hydroxylation is 1. The molecule has 3 aromatic rings. The van der Waals surface area contributed by atoms with E-state index in [4.69, 9.17) is 0 Å². The number of tetrazole rings is 1. The lowest BCUT2D eigenvalue weighted by molar-refractivity contribution is 0.0926. The van der Waals surface area contributed by atoms with Crippen molar-refractivity contribution in [3.8, 4) is 11.4 Å². The lowest BCUT2D eigenvalue weighted by atomic mass is 9.89. The molecule has 0 radical (unpaired) electrons. The number of hydrogen-bond acceptors (Lipinski definition) is 8. The summed E-state index contributed by atoms with van der Waals surface area (Å²) < 4.78 is 15.5. The highest BCUT2D eigenvalue weighted by Crippen LogP contribution is 2.34. The normalized spacial score (nSPS) is 18.5. The average Bonchev–Trinajstić information content (AvgIpc) is 3.67. The van der Waals surface area contributed by atoms with Gasteiger partial charge in [0.2, 0.25) is 11.4 Å². The van der Waals surface area contributed by atoms with Gasteiger partial charge in [0.15, 0.2) is 0 Å². The van der Waals surface area contributed by atoms with Gasteiger partial charge in [0, 0.05) is 38.2 Å². The zero-order chi connectivity index (χ0) is 29.8. The summed E-state index contributed by atoms with van der Waals surface area (Å²) in [7, 11) is 1.56. The number of nitrogens with zero attached hydrogens (tertiary/aromatic N) is 6. The van der Waals surface area contributed by atoms with Crippen LogP contribution < -0.4 is 21.7 Å². The van der Waals surface area contributed by atoms with Crippen LogP contribution in [-0.4, -0.2) is 62.2 Å². The minimum atomic E-state index is -0.447. The number of aromatic nitrogens is 6. The standard InChI is InChI=1S/C29H35FN10O2/c1-5-10-33-40-25(28(42)34-23-9-7-18-13-19(6-8-21(18)23)26-36-38-39-37-26)14-24(35-29(40)31-4)27(41)32-15-20-11-17(3)22(30)12-16(20)2/h6,8,11,13-14,16,23,33H,5,7,9-10,12,15H2,1-4H3,(H,32,41)(H,34,42)(H,36,37,38,39)/t16?,23-/m0/s1. The number of amides is 2. The molecule has 42 heavy (non-hydrogen) atoms. The van der Waals surface area contributed by atoms with Crippen molar-refractivity contribution >= 4 is 11.8 Å². The van der Waals surface area contributed by atoms with Gasteiger partial charge in [0.1, 0.15) is 17.2 Å². The van der Waals surface area contributed by atoms with Gasteiger partial charge in [-0.1, -0.05) is 32.1 Å². The summed E-state index contributed by atoms with van der Waals surface area (Å²) in [5.41, 5.74) is 8.15. The summed E-state index contributed by atoms with van der Waals surface area (Å²) in [6, 6.07) is 7.17. The Hall–Kier alpha value is -4.68. The van der Waals surface area contributed by atoms with Crippen LogP contribution in [0, 0.1) is 5.92 Å². The molecule has 13 heteroatoms. The SMILES string of the molecule is CCCNn1c(C(=O)N[C@H]2CCc3cc(-c4nn[nH]n4)ccc32)cc(C(=O)NCC2=CC(C)=C(F)CC2C)nc1=NC. The molecule has 0 saturated heterocycles. The molecule has 2 heterocycles. The summed E-state index contributed by atoms with van der Waals surface area (Å²) in [4.78, 5) is 35.7. The summed E-state index contributed by atoms with van der Waals surface area (Å²) in [6.45, 7) is 6.48. The van der Waals surface area contributed by atoms with Crippen molar-refractivity contribution in [1.29, 1.82) is 0 Å². The summed E-state index contributed by atoms with van der Waals surface area (Å²) in [5.74, 6) is -0.455. The number of aromatic amines is 1. The monoisotopic (exact) mass is 574 g/mol. The molecule has 220 valence electrons. The molecule has 1 unspecified atom stereocenters. The number of fused-ring (bicyclic) bond motifs is 1. The zero-order valence-corrected chi connectivity index (χ0v) is 24.2. The average molecular weight is 575 g/mol. The molecule has 2 aliphatic rings. The van der Waals surface area contributed by atoms with Crippen LogP contribution in [-0.2, 0) is 6.42 Å². The molecule has 2 amide bonds. The Balaban J connectivity index is 1.39.